The quantitative estimate of drug-likeness (QED) is 0.216. The van der Waals surface area contributed by atoms with E-state index in [2.05, 4.69) is 20.9 Å². The van der Waals surface area contributed by atoms with Crippen LogP contribution in [-0.4, -0.2) is 9.55 Å². The van der Waals surface area contributed by atoms with E-state index in [9.17, 15) is 2.74 Å². The second kappa shape index (κ2) is 9.20. The van der Waals surface area contributed by atoms with Crippen LogP contribution in [0.1, 0.15) is 40.0 Å². The first-order valence-electron chi connectivity index (χ1n) is 16.6. The Hall–Kier alpha value is -3.89. The molecule has 4 heteroatoms. The number of hydrogen-bond donors (Lipinski definition) is 0. The average molecular weight is 558 g/mol. The van der Waals surface area contributed by atoms with Crippen LogP contribution in [0, 0.1) is 0 Å². The van der Waals surface area contributed by atoms with Gasteiger partial charge in [-0.2, -0.15) is 0 Å². The van der Waals surface area contributed by atoms with E-state index in [4.69, 9.17) is 15.7 Å². The summed E-state index contributed by atoms with van der Waals surface area (Å²) in [5.41, 5.74) is 0.226. The molecule has 2 aromatic heterocycles. The van der Waals surface area contributed by atoms with Crippen LogP contribution in [0.4, 0.5) is 0 Å². The van der Waals surface area contributed by atoms with Crippen molar-refractivity contribution < 1.29 is 18.4 Å². The number of halogens is 1. The van der Waals surface area contributed by atoms with Crippen LogP contribution in [0.2, 0.25) is 0 Å². The van der Waals surface area contributed by atoms with Gasteiger partial charge < -0.3 is 4.74 Å². The molecular formula is C33H27BrN2O. The molecule has 0 aliphatic heterocycles. The Kier molecular flexibility index (Phi) is 3.67. The van der Waals surface area contributed by atoms with Gasteiger partial charge in [0.1, 0.15) is 17.3 Å². The highest BCUT2D eigenvalue weighted by Gasteiger charge is 2.18. The van der Waals surface area contributed by atoms with E-state index in [1.54, 1.807) is 29.0 Å². The van der Waals surface area contributed by atoms with Crippen LogP contribution in [0.3, 0.4) is 0 Å². The Morgan fingerprint density at radius 3 is 2.43 bits per heavy atom. The van der Waals surface area contributed by atoms with E-state index in [-0.39, 0.29) is 56.2 Å². The van der Waals surface area contributed by atoms with Gasteiger partial charge in [0, 0.05) is 27.5 Å². The highest BCUT2D eigenvalue weighted by Crippen LogP contribution is 2.37. The summed E-state index contributed by atoms with van der Waals surface area (Å²) in [4.78, 5) is 4.59. The molecule has 6 aromatic rings. The summed E-state index contributed by atoms with van der Waals surface area (Å²) in [6, 6.07) is 7.12. The standard InChI is InChI=1S/C33H27BrN2O/c1-33(2,3)24-16-17-35-32(19-24)36-30-15-12-23(22-8-5-4-6-9-22)18-29(30)28-14-13-27(21-31(28)36)37-26-11-7-10-25(34)20-26/h4-21H,1-3H3/i4D,5D,6D,8D,9D,12D,13D,14D,15D,18D. The van der Waals surface area contributed by atoms with E-state index >= 15 is 0 Å². The average Bonchev–Trinajstić information content (AvgIpc) is 3.37. The molecule has 2 heterocycles. The molecule has 0 aliphatic carbocycles. The minimum Gasteiger partial charge on any atom is -0.457 e. The molecule has 6 rings (SSSR count). The zero-order chi connectivity index (χ0) is 34.3. The van der Waals surface area contributed by atoms with Gasteiger partial charge in [-0.15, -0.1) is 0 Å². The first kappa shape index (κ1) is 14.7. The highest BCUT2D eigenvalue weighted by atomic mass is 79.9. The maximum atomic E-state index is 9.37. The Morgan fingerprint density at radius 2 is 1.65 bits per heavy atom. The Bertz CT molecular complexity index is 2270. The largest absolute Gasteiger partial charge is 0.457 e. The van der Waals surface area contributed by atoms with Crippen molar-refractivity contribution in [1.82, 2.24) is 9.55 Å². The Labute approximate surface area is 239 Å². The number of hydrogen-bond acceptors (Lipinski definition) is 2. The highest BCUT2D eigenvalue weighted by molar-refractivity contribution is 9.10. The predicted octanol–water partition coefficient (Wildman–Crippen LogP) is 9.70. The van der Waals surface area contributed by atoms with Gasteiger partial charge in [0.25, 0.3) is 0 Å². The number of benzene rings is 4. The van der Waals surface area contributed by atoms with Crippen LogP contribution in [0.25, 0.3) is 38.8 Å². The smallest absolute Gasteiger partial charge is 0.137 e. The second-order valence-electron chi connectivity index (χ2n) is 9.54. The molecule has 0 N–H and O–H groups in total. The van der Waals surface area contributed by atoms with Gasteiger partial charge in [-0.05, 0) is 76.6 Å². The number of pyridine rings is 1. The van der Waals surface area contributed by atoms with E-state index in [1.165, 1.54) is 6.07 Å². The summed E-state index contributed by atoms with van der Waals surface area (Å²) in [7, 11) is 0. The molecule has 0 fully saturated rings. The third kappa shape index (κ3) is 4.54. The fourth-order valence-corrected chi connectivity index (χ4v) is 4.49. The molecule has 0 atom stereocenters. The molecule has 0 saturated heterocycles. The normalized spacial score (nSPS) is 15.6. The van der Waals surface area contributed by atoms with E-state index in [0.29, 0.717) is 11.6 Å². The number of nitrogens with zero attached hydrogens (tertiary/aromatic N) is 2. The van der Waals surface area contributed by atoms with Gasteiger partial charge in [-0.3, -0.25) is 4.57 Å². The predicted molar refractivity (Wildman–Crippen MR) is 157 cm³/mol. The monoisotopic (exact) mass is 556 g/mol. The molecule has 0 unspecified atom stereocenters. The number of rotatable bonds is 4. The molecule has 4 aromatic carbocycles. The van der Waals surface area contributed by atoms with Crippen molar-refractivity contribution in [1.29, 1.82) is 0 Å². The minimum absolute atomic E-state index is 0.0123. The van der Waals surface area contributed by atoms with Crippen molar-refractivity contribution in [3.8, 4) is 28.4 Å². The van der Waals surface area contributed by atoms with Gasteiger partial charge in [0.15, 0.2) is 0 Å². The van der Waals surface area contributed by atoms with Crippen LogP contribution >= 0.6 is 15.9 Å². The lowest BCUT2D eigenvalue weighted by atomic mass is 9.88. The first-order chi connectivity index (χ1) is 22.0. The summed E-state index contributed by atoms with van der Waals surface area (Å²) in [5, 5.41) is 0.111. The van der Waals surface area contributed by atoms with Crippen molar-refractivity contribution in [2.24, 2.45) is 0 Å². The van der Waals surface area contributed by atoms with Crippen LogP contribution in [0.15, 0.2) is 114 Å². The van der Waals surface area contributed by atoms with E-state index < -0.39 is 48.3 Å². The van der Waals surface area contributed by atoms with Gasteiger partial charge in [0.2, 0.25) is 0 Å². The van der Waals surface area contributed by atoms with Crippen molar-refractivity contribution in [2.75, 3.05) is 0 Å². The van der Waals surface area contributed by atoms with Crippen LogP contribution in [-0.2, 0) is 5.41 Å². The van der Waals surface area contributed by atoms with Crippen molar-refractivity contribution in [3.63, 3.8) is 0 Å². The molecule has 0 saturated carbocycles. The molecular weight excluding hydrogens is 520 g/mol. The van der Waals surface area contributed by atoms with Crippen molar-refractivity contribution in [2.45, 2.75) is 26.2 Å². The fourth-order valence-electron chi connectivity index (χ4n) is 4.11. The maximum Gasteiger partial charge on any atom is 0.137 e. The van der Waals surface area contributed by atoms with Crippen LogP contribution < -0.4 is 4.74 Å². The van der Waals surface area contributed by atoms with Crippen LogP contribution in [0.5, 0.6) is 11.5 Å². The molecule has 0 bridgehead atoms. The third-order valence-corrected chi connectivity index (χ3v) is 6.45. The molecule has 0 spiro atoms. The minimum atomic E-state index is -0.638. The number of fused-ring (bicyclic) bond motifs is 3. The number of aromatic nitrogens is 2. The molecule has 0 radical (unpaired) electrons. The van der Waals surface area contributed by atoms with Crippen molar-refractivity contribution >= 4 is 37.7 Å². The van der Waals surface area contributed by atoms with E-state index in [1.807, 2.05) is 39.0 Å². The molecule has 182 valence electrons. The Balaban J connectivity index is 1.81. The number of ether oxygens (including phenoxy) is 1. The molecule has 0 amide bonds. The maximum absolute atomic E-state index is 9.37. The van der Waals surface area contributed by atoms with Crippen molar-refractivity contribution in [3.05, 3.63) is 119 Å². The van der Waals surface area contributed by atoms with Gasteiger partial charge in [0.05, 0.1) is 24.7 Å². The summed E-state index contributed by atoms with van der Waals surface area (Å²) in [5.74, 6) is 0.777. The molecule has 0 aliphatic rings. The fraction of sp³-hybridized carbons (Fsp3) is 0.121. The van der Waals surface area contributed by atoms with Gasteiger partial charge in [-0.1, -0.05) is 79.0 Å². The van der Waals surface area contributed by atoms with E-state index in [0.717, 1.165) is 10.0 Å². The van der Waals surface area contributed by atoms with Gasteiger partial charge in [-0.25, -0.2) is 4.98 Å². The summed E-state index contributed by atoms with van der Waals surface area (Å²) < 4.78 is 95.6. The molecule has 3 nitrogen and oxygen atoms in total. The lowest BCUT2D eigenvalue weighted by molar-refractivity contribution is 0.483. The summed E-state index contributed by atoms with van der Waals surface area (Å²) in [6.45, 7) is 6.09. The molecule has 37 heavy (non-hydrogen) atoms. The lowest BCUT2D eigenvalue weighted by Gasteiger charge is -2.20. The lowest BCUT2D eigenvalue weighted by Crippen LogP contribution is -2.12. The second-order valence-corrected chi connectivity index (χ2v) is 10.5. The zero-order valence-electron chi connectivity index (χ0n) is 30.3. The topological polar surface area (TPSA) is 27.1 Å². The summed E-state index contributed by atoms with van der Waals surface area (Å²) >= 11 is 3.41. The SMILES string of the molecule is [2H]c1c([2H])c([2H])c(-c2c([2H])c([2H])c3c(c2[2H])c2c([2H])c([2H])c(Oc4cccc(Br)c4)cc2n3-c2cc(C(C)(C)C)ccn2)c([2H])c1[2H]. The van der Waals surface area contributed by atoms with Gasteiger partial charge >= 0.3 is 0 Å². The zero-order valence-corrected chi connectivity index (χ0v) is 21.9. The Morgan fingerprint density at radius 1 is 0.811 bits per heavy atom. The first-order valence-corrected chi connectivity index (χ1v) is 12.4. The summed E-state index contributed by atoms with van der Waals surface area (Å²) in [6.07, 6.45) is 1.61. The third-order valence-electron chi connectivity index (χ3n) is 5.96.